The van der Waals surface area contributed by atoms with Crippen LogP contribution in [0.3, 0.4) is 0 Å². The van der Waals surface area contributed by atoms with Crippen LogP contribution in [-0.4, -0.2) is 29.2 Å². The summed E-state index contributed by atoms with van der Waals surface area (Å²) in [7, 11) is 0. The van der Waals surface area contributed by atoms with E-state index in [1.807, 2.05) is 0 Å². The molecule has 1 aromatic heterocycles. The molecular formula is C27H36N2O. The Bertz CT molecular complexity index is 1040. The van der Waals surface area contributed by atoms with Gasteiger partial charge in [-0.2, -0.15) is 0 Å². The van der Waals surface area contributed by atoms with Crippen LogP contribution in [0.25, 0.3) is 21.7 Å². The summed E-state index contributed by atoms with van der Waals surface area (Å²) in [5, 5.41) is 8.38. The van der Waals surface area contributed by atoms with Gasteiger partial charge in [0, 0.05) is 11.5 Å². The van der Waals surface area contributed by atoms with Crippen molar-refractivity contribution >= 4 is 21.7 Å². The Morgan fingerprint density at radius 2 is 1.70 bits per heavy atom. The Kier molecular flexibility index (Phi) is 4.93. The van der Waals surface area contributed by atoms with Crippen molar-refractivity contribution in [3.63, 3.8) is 0 Å². The highest BCUT2D eigenvalue weighted by Gasteiger charge is 2.37. The summed E-state index contributed by atoms with van der Waals surface area (Å²) in [5.41, 5.74) is 3.46. The van der Waals surface area contributed by atoms with Crippen LogP contribution < -0.4 is 0 Å². The van der Waals surface area contributed by atoms with E-state index in [-0.39, 0.29) is 5.41 Å². The molecular weight excluding hydrogens is 368 g/mol. The first-order valence-corrected chi connectivity index (χ1v) is 11.9. The van der Waals surface area contributed by atoms with Crippen molar-refractivity contribution in [2.24, 2.45) is 11.8 Å². The van der Waals surface area contributed by atoms with Crippen LogP contribution in [0.2, 0.25) is 0 Å². The molecule has 1 aliphatic carbocycles. The Morgan fingerprint density at radius 3 is 2.33 bits per heavy atom. The molecule has 2 heterocycles. The average Bonchev–Trinajstić information content (AvgIpc) is 3.12. The van der Waals surface area contributed by atoms with Crippen molar-refractivity contribution < 1.29 is 4.52 Å². The van der Waals surface area contributed by atoms with Gasteiger partial charge in [-0.25, -0.2) is 0 Å². The first-order chi connectivity index (χ1) is 14.3. The molecule has 0 amide bonds. The lowest BCUT2D eigenvalue weighted by molar-refractivity contribution is 0.0621. The number of hydrogen-bond donors (Lipinski definition) is 0. The van der Waals surface area contributed by atoms with Crippen LogP contribution in [0.5, 0.6) is 0 Å². The van der Waals surface area contributed by atoms with Crippen molar-refractivity contribution in [1.29, 1.82) is 0 Å². The Balaban J connectivity index is 1.41. The van der Waals surface area contributed by atoms with Gasteiger partial charge in [0.1, 0.15) is 0 Å². The molecule has 2 fully saturated rings. The monoisotopic (exact) mass is 404 g/mol. The maximum atomic E-state index is 5.86. The standard InChI is InChI=1S/C27H36N2O/c1-17(2)18-10-12-29(13-11-18)20-14-19(15-20)23-16-24-25(22-9-7-6-8-21(22)23)26(28-30-24)27(3,4)5/h6-9,16-20H,10-15H2,1-5H3. The zero-order valence-corrected chi connectivity index (χ0v) is 19.2. The quantitative estimate of drug-likeness (QED) is 0.476. The number of likely N-dealkylation sites (tertiary alicyclic amines) is 1. The minimum Gasteiger partial charge on any atom is -0.356 e. The zero-order chi connectivity index (χ0) is 21.0. The molecule has 3 aromatic rings. The van der Waals surface area contributed by atoms with Crippen LogP contribution in [-0.2, 0) is 5.41 Å². The normalized spacial score (nSPS) is 24.1. The number of nitrogens with zero attached hydrogens (tertiary/aromatic N) is 2. The fourth-order valence-electron chi connectivity index (χ4n) is 5.77. The molecule has 0 N–H and O–H groups in total. The summed E-state index contributed by atoms with van der Waals surface area (Å²) in [5.74, 6) is 2.39. The van der Waals surface area contributed by atoms with Crippen molar-refractivity contribution in [2.45, 2.75) is 77.7 Å². The van der Waals surface area contributed by atoms with E-state index in [2.05, 4.69) is 75.0 Å². The molecule has 1 saturated carbocycles. The number of hydrogen-bond acceptors (Lipinski definition) is 3. The minimum atomic E-state index is -0.0286. The minimum absolute atomic E-state index is 0.0286. The predicted molar refractivity (Wildman–Crippen MR) is 125 cm³/mol. The lowest BCUT2D eigenvalue weighted by Gasteiger charge is -2.46. The van der Waals surface area contributed by atoms with E-state index in [4.69, 9.17) is 4.52 Å². The summed E-state index contributed by atoms with van der Waals surface area (Å²) in [6.07, 6.45) is 5.31. The van der Waals surface area contributed by atoms with E-state index in [0.29, 0.717) is 5.92 Å². The molecule has 1 aliphatic heterocycles. The third-order valence-corrected chi connectivity index (χ3v) is 7.81. The first kappa shape index (κ1) is 20.1. The smallest absolute Gasteiger partial charge is 0.168 e. The molecule has 0 unspecified atom stereocenters. The van der Waals surface area contributed by atoms with Gasteiger partial charge in [-0.05, 0) is 78.9 Å². The van der Waals surface area contributed by atoms with Gasteiger partial charge in [-0.1, -0.05) is 64.0 Å². The van der Waals surface area contributed by atoms with Crippen LogP contribution in [0.1, 0.15) is 77.5 Å². The molecule has 160 valence electrons. The van der Waals surface area contributed by atoms with Gasteiger partial charge >= 0.3 is 0 Å². The molecule has 2 aliphatic rings. The van der Waals surface area contributed by atoms with Crippen molar-refractivity contribution in [3.8, 4) is 0 Å². The number of aromatic nitrogens is 1. The van der Waals surface area contributed by atoms with Crippen molar-refractivity contribution in [2.75, 3.05) is 13.1 Å². The Labute approximate surface area is 180 Å². The molecule has 3 nitrogen and oxygen atoms in total. The molecule has 2 aromatic carbocycles. The molecule has 5 rings (SSSR count). The van der Waals surface area contributed by atoms with Gasteiger partial charge in [-0.15, -0.1) is 0 Å². The van der Waals surface area contributed by atoms with Gasteiger partial charge in [0.2, 0.25) is 0 Å². The number of benzene rings is 2. The van der Waals surface area contributed by atoms with Crippen LogP contribution in [0, 0.1) is 11.8 Å². The lowest BCUT2D eigenvalue weighted by atomic mass is 9.72. The topological polar surface area (TPSA) is 29.3 Å². The van der Waals surface area contributed by atoms with E-state index in [1.54, 1.807) is 0 Å². The van der Waals surface area contributed by atoms with E-state index in [1.165, 1.54) is 60.5 Å². The van der Waals surface area contributed by atoms with E-state index in [9.17, 15) is 0 Å². The summed E-state index contributed by atoms with van der Waals surface area (Å²) in [4.78, 5) is 2.77. The number of rotatable bonds is 3. The Morgan fingerprint density at radius 1 is 1.03 bits per heavy atom. The lowest BCUT2D eigenvalue weighted by Crippen LogP contribution is -2.47. The van der Waals surface area contributed by atoms with Gasteiger partial charge < -0.3 is 9.42 Å². The number of fused-ring (bicyclic) bond motifs is 3. The third kappa shape index (κ3) is 3.36. The van der Waals surface area contributed by atoms with Gasteiger partial charge in [0.15, 0.2) is 5.58 Å². The maximum absolute atomic E-state index is 5.86. The second-order valence-corrected chi connectivity index (χ2v) is 11.1. The van der Waals surface area contributed by atoms with Gasteiger partial charge in [0.05, 0.1) is 11.1 Å². The molecule has 1 saturated heterocycles. The highest BCUT2D eigenvalue weighted by molar-refractivity contribution is 6.09. The third-order valence-electron chi connectivity index (χ3n) is 7.81. The molecule has 30 heavy (non-hydrogen) atoms. The predicted octanol–water partition coefficient (Wildman–Crippen LogP) is 6.89. The van der Waals surface area contributed by atoms with Crippen molar-refractivity contribution in [1.82, 2.24) is 10.1 Å². The van der Waals surface area contributed by atoms with Gasteiger partial charge in [0.25, 0.3) is 0 Å². The Hall–Kier alpha value is -1.87. The highest BCUT2D eigenvalue weighted by Crippen LogP contribution is 2.46. The average molecular weight is 405 g/mol. The van der Waals surface area contributed by atoms with Gasteiger partial charge in [-0.3, -0.25) is 0 Å². The van der Waals surface area contributed by atoms with Crippen molar-refractivity contribution in [3.05, 3.63) is 41.6 Å². The molecule has 0 atom stereocenters. The summed E-state index contributed by atoms with van der Waals surface area (Å²) in [6.45, 7) is 14.0. The zero-order valence-electron chi connectivity index (χ0n) is 19.2. The second kappa shape index (κ2) is 7.37. The number of piperidine rings is 1. The first-order valence-electron chi connectivity index (χ1n) is 11.9. The van der Waals surface area contributed by atoms with Crippen LogP contribution in [0.4, 0.5) is 0 Å². The van der Waals surface area contributed by atoms with Crippen LogP contribution in [0.15, 0.2) is 34.9 Å². The molecule has 0 bridgehead atoms. The molecule has 0 spiro atoms. The largest absolute Gasteiger partial charge is 0.356 e. The van der Waals surface area contributed by atoms with E-state index < -0.39 is 0 Å². The maximum Gasteiger partial charge on any atom is 0.168 e. The second-order valence-electron chi connectivity index (χ2n) is 11.1. The molecule has 3 heteroatoms. The molecule has 0 radical (unpaired) electrons. The SMILES string of the molecule is CC(C)C1CCN(C2CC(c3cc4onc(C(C)(C)C)c4c4ccccc34)C2)CC1. The van der Waals surface area contributed by atoms with Crippen LogP contribution >= 0.6 is 0 Å². The summed E-state index contributed by atoms with van der Waals surface area (Å²) < 4.78 is 5.86. The summed E-state index contributed by atoms with van der Waals surface area (Å²) in [6, 6.07) is 11.9. The fraction of sp³-hybridized carbons (Fsp3) is 0.593. The van der Waals surface area contributed by atoms with E-state index in [0.717, 1.165) is 29.2 Å². The highest BCUT2D eigenvalue weighted by atomic mass is 16.5. The van der Waals surface area contributed by atoms with E-state index >= 15 is 0 Å². The summed E-state index contributed by atoms with van der Waals surface area (Å²) >= 11 is 0. The fourth-order valence-corrected chi connectivity index (χ4v) is 5.77.